The monoisotopic (exact) mass is 330 g/mol. The molecule has 0 bridgehead atoms. The molecule has 1 amide bonds. The molecule has 2 saturated heterocycles. The van der Waals surface area contributed by atoms with E-state index >= 15 is 0 Å². The third-order valence-electron chi connectivity index (χ3n) is 5.56. The molecule has 1 aromatic carbocycles. The predicted molar refractivity (Wildman–Crippen MR) is 95.5 cm³/mol. The molecule has 2 aliphatic rings. The molecule has 4 unspecified atom stereocenters. The van der Waals surface area contributed by atoms with E-state index in [1.165, 1.54) is 5.56 Å². The zero-order chi connectivity index (χ0) is 17.1. The number of piperidine rings is 1. The molecule has 0 radical (unpaired) electrons. The lowest BCUT2D eigenvalue weighted by Crippen LogP contribution is -2.48. The first-order valence-electron chi connectivity index (χ1n) is 9.29. The first kappa shape index (κ1) is 17.4. The van der Waals surface area contributed by atoms with Crippen LogP contribution in [0.1, 0.15) is 49.8 Å². The van der Waals surface area contributed by atoms with Crippen molar-refractivity contribution in [2.75, 3.05) is 19.7 Å². The molecule has 1 aromatic rings. The van der Waals surface area contributed by atoms with Gasteiger partial charge in [0.25, 0.3) is 0 Å². The van der Waals surface area contributed by atoms with E-state index in [1.54, 1.807) is 0 Å². The van der Waals surface area contributed by atoms with Crippen LogP contribution in [0.5, 0.6) is 0 Å². The van der Waals surface area contributed by atoms with E-state index in [-0.39, 0.29) is 24.0 Å². The van der Waals surface area contributed by atoms with Crippen molar-refractivity contribution in [3.05, 3.63) is 35.4 Å². The molecule has 0 spiro atoms. The van der Waals surface area contributed by atoms with Crippen molar-refractivity contribution in [3.63, 3.8) is 0 Å². The summed E-state index contributed by atoms with van der Waals surface area (Å²) in [6.45, 7) is 6.53. The van der Waals surface area contributed by atoms with Crippen LogP contribution in [0.15, 0.2) is 24.3 Å². The second-order valence-electron chi connectivity index (χ2n) is 7.50. The fourth-order valence-corrected chi connectivity index (χ4v) is 3.99. The Balaban J connectivity index is 1.74. The Bertz CT molecular complexity index is 555. The Hall–Kier alpha value is -1.39. The third kappa shape index (κ3) is 3.81. The minimum Gasteiger partial charge on any atom is -0.373 e. The first-order chi connectivity index (χ1) is 11.6. The number of aryl methyl sites for hydroxylation is 1. The van der Waals surface area contributed by atoms with E-state index in [0.29, 0.717) is 5.92 Å². The lowest BCUT2D eigenvalue weighted by molar-refractivity contribution is -0.147. The highest BCUT2D eigenvalue weighted by Crippen LogP contribution is 2.36. The summed E-state index contributed by atoms with van der Waals surface area (Å²) >= 11 is 0. The topological polar surface area (TPSA) is 55.6 Å². The fraction of sp³-hybridized carbons (Fsp3) is 0.650. The van der Waals surface area contributed by atoms with Crippen LogP contribution in [0.2, 0.25) is 0 Å². The molecule has 24 heavy (non-hydrogen) atoms. The van der Waals surface area contributed by atoms with Crippen LogP contribution in [-0.4, -0.2) is 36.5 Å². The van der Waals surface area contributed by atoms with E-state index in [2.05, 4.69) is 38.1 Å². The summed E-state index contributed by atoms with van der Waals surface area (Å²) in [5, 5.41) is 0. The number of nitrogens with two attached hydrogens (primary N) is 1. The summed E-state index contributed by atoms with van der Waals surface area (Å²) in [5.74, 6) is 0.615. The predicted octanol–water partition coefficient (Wildman–Crippen LogP) is 3.05. The Labute approximate surface area is 145 Å². The van der Waals surface area contributed by atoms with Gasteiger partial charge in [-0.2, -0.15) is 0 Å². The lowest BCUT2D eigenvalue weighted by Gasteiger charge is -2.39. The van der Waals surface area contributed by atoms with Crippen LogP contribution in [0.25, 0.3) is 0 Å². The highest BCUT2D eigenvalue weighted by Gasteiger charge is 2.37. The highest BCUT2D eigenvalue weighted by atomic mass is 16.5. The summed E-state index contributed by atoms with van der Waals surface area (Å²) < 4.78 is 6.03. The molecule has 4 atom stereocenters. The zero-order valence-electron chi connectivity index (χ0n) is 14.9. The number of likely N-dealkylation sites (tertiary alicyclic amines) is 1. The number of carbonyl (C=O) groups excluding carboxylic acids is 1. The van der Waals surface area contributed by atoms with Gasteiger partial charge in [0.15, 0.2) is 0 Å². The Morgan fingerprint density at radius 3 is 2.71 bits per heavy atom. The maximum absolute atomic E-state index is 13.2. The van der Waals surface area contributed by atoms with Crippen molar-refractivity contribution in [3.8, 4) is 0 Å². The third-order valence-corrected chi connectivity index (χ3v) is 5.56. The quantitative estimate of drug-likeness (QED) is 0.927. The van der Waals surface area contributed by atoms with Crippen molar-refractivity contribution in [1.82, 2.24) is 4.90 Å². The van der Waals surface area contributed by atoms with Crippen LogP contribution < -0.4 is 5.73 Å². The number of ether oxygens (including phenoxy) is 1. The van der Waals surface area contributed by atoms with Gasteiger partial charge in [-0.1, -0.05) is 29.8 Å². The minimum atomic E-state index is -0.109. The first-order valence-corrected chi connectivity index (χ1v) is 9.29. The summed E-state index contributed by atoms with van der Waals surface area (Å²) in [5.41, 5.74) is 8.43. The van der Waals surface area contributed by atoms with E-state index in [1.807, 2.05) is 4.90 Å². The van der Waals surface area contributed by atoms with Crippen LogP contribution in [0.4, 0.5) is 0 Å². The van der Waals surface area contributed by atoms with Crippen molar-refractivity contribution in [2.24, 2.45) is 17.6 Å². The molecule has 3 rings (SSSR count). The van der Waals surface area contributed by atoms with Crippen LogP contribution in [0, 0.1) is 18.8 Å². The van der Waals surface area contributed by atoms with Crippen molar-refractivity contribution < 1.29 is 9.53 Å². The zero-order valence-corrected chi connectivity index (χ0v) is 14.9. The molecular formula is C20H30N2O2. The number of benzene rings is 1. The number of rotatable bonds is 3. The number of nitrogens with zero attached hydrogens (tertiary/aromatic N) is 1. The van der Waals surface area contributed by atoms with Crippen LogP contribution in [-0.2, 0) is 9.53 Å². The van der Waals surface area contributed by atoms with E-state index in [0.717, 1.165) is 50.9 Å². The molecule has 4 nitrogen and oxygen atoms in total. The summed E-state index contributed by atoms with van der Waals surface area (Å²) in [6.07, 6.45) is 3.95. The van der Waals surface area contributed by atoms with Crippen LogP contribution in [0.3, 0.4) is 0 Å². The van der Waals surface area contributed by atoms with Gasteiger partial charge in [-0.3, -0.25) is 4.79 Å². The molecule has 132 valence electrons. The lowest BCUT2D eigenvalue weighted by atomic mass is 9.86. The van der Waals surface area contributed by atoms with Gasteiger partial charge in [0.05, 0.1) is 12.0 Å². The van der Waals surface area contributed by atoms with Crippen LogP contribution >= 0.6 is 0 Å². The molecular weight excluding hydrogens is 300 g/mol. The number of hydrogen-bond acceptors (Lipinski definition) is 3. The van der Waals surface area contributed by atoms with Gasteiger partial charge in [0.1, 0.15) is 0 Å². The van der Waals surface area contributed by atoms with E-state index < -0.39 is 0 Å². The second-order valence-corrected chi connectivity index (χ2v) is 7.50. The largest absolute Gasteiger partial charge is 0.373 e. The molecule has 2 heterocycles. The Kier molecular flexibility index (Phi) is 5.57. The molecule has 4 heteroatoms. The molecule has 2 N–H and O–H groups in total. The molecule has 2 aliphatic heterocycles. The summed E-state index contributed by atoms with van der Waals surface area (Å²) in [4.78, 5) is 15.2. The maximum Gasteiger partial charge on any atom is 0.228 e. The van der Waals surface area contributed by atoms with Gasteiger partial charge in [0.2, 0.25) is 5.91 Å². The van der Waals surface area contributed by atoms with Gasteiger partial charge >= 0.3 is 0 Å². The van der Waals surface area contributed by atoms with Gasteiger partial charge in [-0.15, -0.1) is 0 Å². The van der Waals surface area contributed by atoms with Crippen molar-refractivity contribution in [2.45, 2.75) is 51.7 Å². The standard InChI is InChI=1S/C20H30N2O2/c1-14-7-9-16(10-8-14)19-18(6-4-12-24-19)20(23)22-11-3-5-17(13-22)15(2)21/h7-10,15,17-19H,3-6,11-13,21H2,1-2H3. The van der Waals surface area contributed by atoms with Gasteiger partial charge < -0.3 is 15.4 Å². The van der Waals surface area contributed by atoms with E-state index in [4.69, 9.17) is 10.5 Å². The smallest absolute Gasteiger partial charge is 0.228 e. The van der Waals surface area contributed by atoms with Gasteiger partial charge in [-0.05, 0) is 51.0 Å². The molecule has 2 fully saturated rings. The minimum absolute atomic E-state index is 0.0618. The fourth-order valence-electron chi connectivity index (χ4n) is 3.99. The normalized spacial score (nSPS) is 29.3. The maximum atomic E-state index is 13.2. The van der Waals surface area contributed by atoms with E-state index in [9.17, 15) is 4.79 Å². The summed E-state index contributed by atoms with van der Waals surface area (Å²) in [6, 6.07) is 8.55. The average molecular weight is 330 g/mol. The van der Waals surface area contributed by atoms with Gasteiger partial charge in [-0.25, -0.2) is 0 Å². The number of carbonyl (C=O) groups is 1. The van der Waals surface area contributed by atoms with Gasteiger partial charge in [0, 0.05) is 25.7 Å². The summed E-state index contributed by atoms with van der Waals surface area (Å²) in [7, 11) is 0. The molecule has 0 aliphatic carbocycles. The SMILES string of the molecule is Cc1ccc(C2OCCCC2C(=O)N2CCCC(C(C)N)C2)cc1. The van der Waals surface area contributed by atoms with Crippen molar-refractivity contribution in [1.29, 1.82) is 0 Å². The Morgan fingerprint density at radius 2 is 2.00 bits per heavy atom. The second kappa shape index (κ2) is 7.66. The van der Waals surface area contributed by atoms with Crippen molar-refractivity contribution >= 4 is 5.91 Å². The molecule has 0 saturated carbocycles. The number of hydrogen-bond donors (Lipinski definition) is 1. The Morgan fingerprint density at radius 1 is 1.25 bits per heavy atom. The molecule has 0 aromatic heterocycles. The highest BCUT2D eigenvalue weighted by molar-refractivity contribution is 5.80. The average Bonchev–Trinajstić information content (AvgIpc) is 2.62. The number of amides is 1.